The number of hydrogen-bond donors (Lipinski definition) is 0. The molecule has 6 heteroatoms. The van der Waals surface area contributed by atoms with Gasteiger partial charge < -0.3 is 9.15 Å². The lowest BCUT2D eigenvalue weighted by atomic mass is 9.86. The fraction of sp³-hybridized carbons (Fsp3) is 0.214. The molecule has 1 amide bonds. The molecule has 1 unspecified atom stereocenters. The van der Waals surface area contributed by atoms with Crippen LogP contribution >= 0.6 is 11.6 Å². The van der Waals surface area contributed by atoms with Crippen molar-refractivity contribution in [2.24, 2.45) is 0 Å². The van der Waals surface area contributed by atoms with Crippen molar-refractivity contribution >= 4 is 34.2 Å². The van der Waals surface area contributed by atoms with Gasteiger partial charge in [-0.25, -0.2) is 0 Å². The average Bonchev–Trinajstić information content (AvgIpc) is 3.11. The van der Waals surface area contributed by atoms with Crippen LogP contribution in [0, 0.1) is 0 Å². The van der Waals surface area contributed by atoms with E-state index < -0.39 is 6.04 Å². The summed E-state index contributed by atoms with van der Waals surface area (Å²) < 4.78 is 11.3. The maximum atomic E-state index is 13.7. The van der Waals surface area contributed by atoms with E-state index in [0.29, 0.717) is 33.0 Å². The number of amides is 1. The van der Waals surface area contributed by atoms with E-state index in [1.165, 1.54) is 0 Å². The fourth-order valence-electron chi connectivity index (χ4n) is 4.44. The zero-order valence-electron chi connectivity index (χ0n) is 19.4. The highest BCUT2D eigenvalue weighted by Gasteiger charge is 2.43. The molecule has 1 atom stereocenters. The Bertz CT molecular complexity index is 1460. The van der Waals surface area contributed by atoms with Crippen LogP contribution in [0.25, 0.3) is 11.0 Å². The van der Waals surface area contributed by atoms with Crippen LogP contribution in [0.4, 0.5) is 5.69 Å². The van der Waals surface area contributed by atoms with Gasteiger partial charge in [-0.05, 0) is 59.0 Å². The van der Waals surface area contributed by atoms with Crippen molar-refractivity contribution in [1.29, 1.82) is 0 Å². The van der Waals surface area contributed by atoms with Crippen molar-refractivity contribution < 1.29 is 13.9 Å². The van der Waals surface area contributed by atoms with Crippen LogP contribution in [0.2, 0.25) is 5.02 Å². The normalized spacial score (nSPS) is 15.6. The number of carbonyl (C=O) groups excluding carboxylic acids is 1. The van der Waals surface area contributed by atoms with Crippen molar-refractivity contribution in [2.75, 3.05) is 12.0 Å². The number of fused-ring (bicyclic) bond motifs is 2. The molecule has 5 rings (SSSR count). The first kappa shape index (κ1) is 22.2. The number of methoxy groups -OCH3 is 1. The smallest absolute Gasteiger partial charge is 0.295 e. The zero-order chi connectivity index (χ0) is 24.2. The van der Waals surface area contributed by atoms with Gasteiger partial charge in [-0.1, -0.05) is 56.6 Å². The standard InChI is InChI=1S/C28H24ClNO4/c1-28(2,3)17-7-5-16(6-8-17)24-23-25(31)21-15-18(29)9-14-22(21)34-26(23)27(32)30(24)19-10-12-20(33-4)13-11-19/h5-15,24H,1-4H3. The molecular formula is C28H24ClNO4. The van der Waals surface area contributed by atoms with Crippen LogP contribution in [-0.2, 0) is 5.41 Å². The Hall–Kier alpha value is -3.57. The van der Waals surface area contributed by atoms with Crippen LogP contribution in [0.15, 0.2) is 75.9 Å². The van der Waals surface area contributed by atoms with Gasteiger partial charge in [0.25, 0.3) is 5.91 Å². The van der Waals surface area contributed by atoms with Gasteiger partial charge in [0.2, 0.25) is 5.76 Å². The van der Waals surface area contributed by atoms with Gasteiger partial charge in [-0.3, -0.25) is 14.5 Å². The number of anilines is 1. The third-order valence-electron chi connectivity index (χ3n) is 6.28. The molecule has 0 saturated heterocycles. The van der Waals surface area contributed by atoms with Crippen LogP contribution in [0.5, 0.6) is 5.75 Å². The molecule has 172 valence electrons. The summed E-state index contributed by atoms with van der Waals surface area (Å²) in [6.45, 7) is 6.43. The first-order chi connectivity index (χ1) is 16.2. The number of ether oxygens (including phenoxy) is 1. The molecule has 0 saturated carbocycles. The van der Waals surface area contributed by atoms with Gasteiger partial charge >= 0.3 is 0 Å². The Morgan fingerprint density at radius 3 is 2.24 bits per heavy atom. The molecule has 0 aliphatic carbocycles. The highest BCUT2D eigenvalue weighted by atomic mass is 35.5. The monoisotopic (exact) mass is 473 g/mol. The summed E-state index contributed by atoms with van der Waals surface area (Å²) in [6.07, 6.45) is 0. The first-order valence-electron chi connectivity index (χ1n) is 11.0. The van der Waals surface area contributed by atoms with E-state index in [0.717, 1.165) is 11.1 Å². The van der Waals surface area contributed by atoms with Crippen molar-refractivity contribution in [1.82, 2.24) is 0 Å². The second-order valence-electron chi connectivity index (χ2n) is 9.46. The van der Waals surface area contributed by atoms with Crippen LogP contribution in [-0.4, -0.2) is 13.0 Å². The van der Waals surface area contributed by atoms with E-state index in [1.54, 1.807) is 54.5 Å². The molecule has 5 nitrogen and oxygen atoms in total. The molecule has 0 radical (unpaired) electrons. The van der Waals surface area contributed by atoms with E-state index in [1.807, 2.05) is 24.3 Å². The maximum Gasteiger partial charge on any atom is 0.295 e. The molecule has 0 spiro atoms. The largest absolute Gasteiger partial charge is 0.497 e. The summed E-state index contributed by atoms with van der Waals surface area (Å²) >= 11 is 6.17. The van der Waals surface area contributed by atoms with E-state index in [-0.39, 0.29) is 22.5 Å². The lowest BCUT2D eigenvalue weighted by molar-refractivity contribution is 0.0971. The predicted octanol–water partition coefficient (Wildman–Crippen LogP) is 6.50. The summed E-state index contributed by atoms with van der Waals surface area (Å²) in [5.41, 5.74) is 3.00. The van der Waals surface area contributed by atoms with Gasteiger partial charge in [0.1, 0.15) is 11.3 Å². The van der Waals surface area contributed by atoms with Crippen LogP contribution in [0.3, 0.4) is 0 Å². The van der Waals surface area contributed by atoms with Gasteiger partial charge in [-0.2, -0.15) is 0 Å². The minimum absolute atomic E-state index is 0.0242. The number of nitrogens with zero attached hydrogens (tertiary/aromatic N) is 1. The zero-order valence-corrected chi connectivity index (χ0v) is 20.1. The van der Waals surface area contributed by atoms with Gasteiger partial charge in [0, 0.05) is 10.7 Å². The molecular weight excluding hydrogens is 450 g/mol. The summed E-state index contributed by atoms with van der Waals surface area (Å²) in [7, 11) is 1.59. The van der Waals surface area contributed by atoms with Crippen molar-refractivity contribution in [2.45, 2.75) is 32.2 Å². The van der Waals surface area contributed by atoms with Crippen LogP contribution in [0.1, 0.15) is 54.1 Å². The maximum absolute atomic E-state index is 13.7. The van der Waals surface area contributed by atoms with Crippen LogP contribution < -0.4 is 15.1 Å². The summed E-state index contributed by atoms with van der Waals surface area (Å²) in [4.78, 5) is 29.0. The Kier molecular flexibility index (Phi) is 5.25. The summed E-state index contributed by atoms with van der Waals surface area (Å²) in [5.74, 6) is 0.369. The molecule has 34 heavy (non-hydrogen) atoms. The number of benzene rings is 3. The van der Waals surface area contributed by atoms with Crippen molar-refractivity contribution in [3.8, 4) is 5.75 Å². The predicted molar refractivity (Wildman–Crippen MR) is 134 cm³/mol. The fourth-order valence-corrected chi connectivity index (χ4v) is 4.61. The average molecular weight is 474 g/mol. The third-order valence-corrected chi connectivity index (χ3v) is 6.51. The second kappa shape index (κ2) is 8.03. The highest BCUT2D eigenvalue weighted by Crippen LogP contribution is 2.42. The van der Waals surface area contributed by atoms with E-state index in [2.05, 4.69) is 20.8 Å². The summed E-state index contributed by atoms with van der Waals surface area (Å²) in [5, 5.41) is 0.786. The quantitative estimate of drug-likeness (QED) is 0.340. The Labute approximate surface area is 202 Å². The van der Waals surface area contributed by atoms with Gasteiger partial charge in [-0.15, -0.1) is 0 Å². The number of carbonyl (C=O) groups is 1. The van der Waals surface area contributed by atoms with E-state index in [9.17, 15) is 9.59 Å². The molecule has 0 N–H and O–H groups in total. The topological polar surface area (TPSA) is 59.8 Å². The first-order valence-corrected chi connectivity index (χ1v) is 11.4. The SMILES string of the molecule is COc1ccc(N2C(=O)c3oc4ccc(Cl)cc4c(=O)c3C2c2ccc(C(C)(C)C)cc2)cc1. The van der Waals surface area contributed by atoms with E-state index in [4.69, 9.17) is 20.8 Å². The molecule has 1 aromatic heterocycles. The minimum Gasteiger partial charge on any atom is -0.497 e. The van der Waals surface area contributed by atoms with Crippen molar-refractivity contribution in [3.63, 3.8) is 0 Å². The number of rotatable bonds is 3. The van der Waals surface area contributed by atoms with E-state index >= 15 is 0 Å². The highest BCUT2D eigenvalue weighted by molar-refractivity contribution is 6.31. The number of halogens is 1. The lowest BCUT2D eigenvalue weighted by Crippen LogP contribution is -2.29. The Morgan fingerprint density at radius 1 is 0.941 bits per heavy atom. The molecule has 2 heterocycles. The molecule has 0 bridgehead atoms. The summed E-state index contributed by atoms with van der Waals surface area (Å²) in [6, 6.07) is 19.4. The van der Waals surface area contributed by atoms with Gasteiger partial charge in [0.15, 0.2) is 5.43 Å². The molecule has 3 aromatic carbocycles. The second-order valence-corrected chi connectivity index (χ2v) is 9.90. The Morgan fingerprint density at radius 2 is 1.62 bits per heavy atom. The molecule has 4 aromatic rings. The third kappa shape index (κ3) is 3.57. The number of hydrogen-bond acceptors (Lipinski definition) is 4. The minimum atomic E-state index is -0.635. The molecule has 1 aliphatic heterocycles. The van der Waals surface area contributed by atoms with Crippen molar-refractivity contribution in [3.05, 3.63) is 104 Å². The molecule has 1 aliphatic rings. The Balaban J connectivity index is 1.75. The lowest BCUT2D eigenvalue weighted by Gasteiger charge is -2.26. The molecule has 0 fully saturated rings. The van der Waals surface area contributed by atoms with Gasteiger partial charge in [0.05, 0.1) is 24.1 Å².